The Morgan fingerprint density at radius 2 is 1.85 bits per heavy atom. The van der Waals surface area contributed by atoms with Crippen LogP contribution in [-0.4, -0.2) is 40.3 Å². The predicted octanol–water partition coefficient (Wildman–Crippen LogP) is 1.17. The minimum absolute atomic E-state index is 0.296. The van der Waals surface area contributed by atoms with E-state index in [-0.39, 0.29) is 6.10 Å². The van der Waals surface area contributed by atoms with Gasteiger partial charge in [-0.1, -0.05) is 30.3 Å². The van der Waals surface area contributed by atoms with Crippen LogP contribution >= 0.6 is 0 Å². The van der Waals surface area contributed by atoms with Gasteiger partial charge in [0.2, 0.25) is 0 Å². The van der Waals surface area contributed by atoms with Gasteiger partial charge in [0, 0.05) is 12.3 Å². The molecule has 1 unspecified atom stereocenters. The number of aromatic amines is 1. The van der Waals surface area contributed by atoms with E-state index >= 15 is 0 Å². The molecular weight excluding hydrogens is 352 g/mol. The van der Waals surface area contributed by atoms with E-state index in [1.54, 1.807) is 0 Å². The summed E-state index contributed by atoms with van der Waals surface area (Å²) in [5.41, 5.74) is 0.0484. The minimum Gasteiger partial charge on any atom is -0.374 e. The second-order valence-electron chi connectivity index (χ2n) is 7.15. The molecule has 2 aliphatic heterocycles. The lowest BCUT2D eigenvalue weighted by atomic mass is 10.1. The number of H-pyrrole nitrogens is 1. The molecule has 0 aliphatic carbocycles. The monoisotopic (exact) mass is 374 g/mol. The van der Waals surface area contributed by atoms with Gasteiger partial charge in [-0.3, -0.25) is 14.3 Å². The Hall–Kier alpha value is -2.26. The summed E-state index contributed by atoms with van der Waals surface area (Å²) in [5.74, 6) is -0.791. The van der Waals surface area contributed by atoms with Crippen LogP contribution in [0.5, 0.6) is 0 Å². The molecule has 2 aliphatic rings. The van der Waals surface area contributed by atoms with Gasteiger partial charge in [0.1, 0.15) is 18.3 Å². The molecule has 0 spiro atoms. The van der Waals surface area contributed by atoms with Crippen LogP contribution in [0.1, 0.15) is 25.6 Å². The van der Waals surface area contributed by atoms with Crippen molar-refractivity contribution < 1.29 is 18.9 Å². The second-order valence-corrected chi connectivity index (χ2v) is 7.15. The Morgan fingerprint density at radius 1 is 1.11 bits per heavy atom. The number of ether oxygens (including phenoxy) is 4. The normalized spacial score (nSPS) is 29.0. The quantitative estimate of drug-likeness (QED) is 0.845. The predicted molar refractivity (Wildman–Crippen MR) is 95.2 cm³/mol. The van der Waals surface area contributed by atoms with Crippen molar-refractivity contribution in [1.82, 2.24) is 9.55 Å². The van der Waals surface area contributed by atoms with E-state index in [4.69, 9.17) is 18.9 Å². The van der Waals surface area contributed by atoms with Gasteiger partial charge in [-0.15, -0.1) is 0 Å². The zero-order valence-corrected chi connectivity index (χ0v) is 15.2. The van der Waals surface area contributed by atoms with Crippen molar-refractivity contribution in [2.75, 3.05) is 6.61 Å². The third kappa shape index (κ3) is 3.74. The van der Waals surface area contributed by atoms with Crippen molar-refractivity contribution in [2.24, 2.45) is 0 Å². The van der Waals surface area contributed by atoms with Gasteiger partial charge in [0.05, 0.1) is 13.2 Å². The number of benzene rings is 1. The minimum atomic E-state index is -0.791. The van der Waals surface area contributed by atoms with E-state index in [2.05, 4.69) is 4.98 Å². The molecular formula is C19H22N2O6. The van der Waals surface area contributed by atoms with E-state index in [1.165, 1.54) is 16.8 Å². The van der Waals surface area contributed by atoms with Crippen LogP contribution in [0.25, 0.3) is 0 Å². The number of aromatic nitrogens is 2. The molecule has 144 valence electrons. The molecule has 8 nitrogen and oxygen atoms in total. The number of fused-ring (bicyclic) bond motifs is 1. The third-order valence-electron chi connectivity index (χ3n) is 4.64. The zero-order chi connectivity index (χ0) is 19.0. The number of hydrogen-bond acceptors (Lipinski definition) is 6. The second kappa shape index (κ2) is 7.05. The Kier molecular flexibility index (Phi) is 4.73. The van der Waals surface area contributed by atoms with Gasteiger partial charge in [-0.2, -0.15) is 0 Å². The standard InChI is InChI=1S/C19H22N2O6/c1-19(2)26-15-13(11-24-10-12-6-4-3-5-7-12)25-17(16(15)27-19)21-9-8-14(22)20-18(21)23/h3-9,13,15-17H,10-11H2,1-2H3,(H,20,22,23)/t13-,15+,16?,17-/m1/s1. The molecule has 4 atom stereocenters. The summed E-state index contributed by atoms with van der Waals surface area (Å²) in [6.07, 6.45) is -0.547. The van der Waals surface area contributed by atoms with Crippen molar-refractivity contribution in [3.8, 4) is 0 Å². The van der Waals surface area contributed by atoms with Gasteiger partial charge < -0.3 is 18.9 Å². The summed E-state index contributed by atoms with van der Waals surface area (Å²) in [5, 5.41) is 0. The molecule has 8 heteroatoms. The SMILES string of the molecule is CC1(C)OC2[C@@H](O1)[C@@H](COCc1ccccc1)O[C@H]2n1ccc(=O)[nH]c1=O. The number of nitrogens with one attached hydrogen (secondary N) is 1. The molecule has 2 fully saturated rings. The van der Waals surface area contributed by atoms with E-state index < -0.39 is 35.5 Å². The van der Waals surface area contributed by atoms with Gasteiger partial charge in [-0.25, -0.2) is 4.79 Å². The summed E-state index contributed by atoms with van der Waals surface area (Å²) in [6, 6.07) is 11.1. The van der Waals surface area contributed by atoms with Crippen LogP contribution in [-0.2, 0) is 25.6 Å². The van der Waals surface area contributed by atoms with E-state index in [0.29, 0.717) is 13.2 Å². The fraction of sp³-hybridized carbons (Fsp3) is 0.474. The van der Waals surface area contributed by atoms with Crippen LogP contribution in [0.3, 0.4) is 0 Å². The molecule has 4 rings (SSSR count). The van der Waals surface area contributed by atoms with Gasteiger partial charge in [0.15, 0.2) is 12.0 Å². The Labute approximate surface area is 155 Å². The Bertz CT molecular complexity index is 906. The fourth-order valence-electron chi connectivity index (χ4n) is 3.51. The van der Waals surface area contributed by atoms with Crippen molar-refractivity contribution in [3.05, 3.63) is 69.0 Å². The highest BCUT2D eigenvalue weighted by atomic mass is 16.8. The number of rotatable bonds is 5. The lowest BCUT2D eigenvalue weighted by Crippen LogP contribution is -2.37. The first-order valence-electron chi connectivity index (χ1n) is 8.87. The van der Waals surface area contributed by atoms with Crippen molar-refractivity contribution >= 4 is 0 Å². The molecule has 3 heterocycles. The largest absolute Gasteiger partial charge is 0.374 e. The summed E-state index contributed by atoms with van der Waals surface area (Å²) >= 11 is 0. The molecule has 1 aromatic heterocycles. The topological polar surface area (TPSA) is 91.8 Å². The van der Waals surface area contributed by atoms with Crippen molar-refractivity contribution in [1.29, 1.82) is 0 Å². The Morgan fingerprint density at radius 3 is 2.59 bits per heavy atom. The maximum Gasteiger partial charge on any atom is 0.330 e. The summed E-state index contributed by atoms with van der Waals surface area (Å²) in [7, 11) is 0. The smallest absolute Gasteiger partial charge is 0.330 e. The highest BCUT2D eigenvalue weighted by Crippen LogP contribution is 2.42. The van der Waals surface area contributed by atoms with Crippen molar-refractivity contribution in [2.45, 2.75) is 50.8 Å². The fourth-order valence-corrected chi connectivity index (χ4v) is 3.51. The highest BCUT2D eigenvalue weighted by molar-refractivity contribution is 5.13. The molecule has 0 bridgehead atoms. The van der Waals surface area contributed by atoms with E-state index in [0.717, 1.165) is 5.56 Å². The lowest BCUT2D eigenvalue weighted by Gasteiger charge is -2.24. The zero-order valence-electron chi connectivity index (χ0n) is 15.2. The molecule has 2 saturated heterocycles. The number of nitrogens with zero attached hydrogens (tertiary/aromatic N) is 1. The Balaban J connectivity index is 1.51. The molecule has 1 aromatic carbocycles. The van der Waals surface area contributed by atoms with Crippen LogP contribution in [0.2, 0.25) is 0 Å². The van der Waals surface area contributed by atoms with Gasteiger partial charge in [0.25, 0.3) is 5.56 Å². The summed E-state index contributed by atoms with van der Waals surface area (Å²) < 4.78 is 25.1. The lowest BCUT2D eigenvalue weighted by molar-refractivity contribution is -0.203. The average molecular weight is 374 g/mol. The molecule has 2 aromatic rings. The third-order valence-corrected chi connectivity index (χ3v) is 4.64. The van der Waals surface area contributed by atoms with E-state index in [9.17, 15) is 9.59 Å². The van der Waals surface area contributed by atoms with Crippen LogP contribution < -0.4 is 11.2 Å². The summed E-state index contributed by atoms with van der Waals surface area (Å²) in [6.45, 7) is 4.38. The van der Waals surface area contributed by atoms with Crippen molar-refractivity contribution in [3.63, 3.8) is 0 Å². The molecule has 0 amide bonds. The molecule has 0 saturated carbocycles. The van der Waals surface area contributed by atoms with Gasteiger partial charge >= 0.3 is 5.69 Å². The molecule has 0 radical (unpaired) electrons. The number of hydrogen-bond donors (Lipinski definition) is 1. The van der Waals surface area contributed by atoms with Crippen LogP contribution in [0.4, 0.5) is 0 Å². The first-order valence-corrected chi connectivity index (χ1v) is 8.87. The first kappa shape index (κ1) is 18.1. The molecule has 1 N–H and O–H groups in total. The van der Waals surface area contributed by atoms with Gasteiger partial charge in [-0.05, 0) is 19.4 Å². The summed E-state index contributed by atoms with van der Waals surface area (Å²) in [4.78, 5) is 25.8. The van der Waals surface area contributed by atoms with Crippen LogP contribution in [0, 0.1) is 0 Å². The average Bonchev–Trinajstić information content (AvgIpc) is 3.10. The highest BCUT2D eigenvalue weighted by Gasteiger charge is 2.56. The molecule has 27 heavy (non-hydrogen) atoms. The van der Waals surface area contributed by atoms with E-state index in [1.807, 2.05) is 44.2 Å². The maximum atomic E-state index is 12.2. The maximum absolute atomic E-state index is 12.2. The first-order chi connectivity index (χ1) is 12.9. The van der Waals surface area contributed by atoms with Crippen LogP contribution in [0.15, 0.2) is 52.2 Å².